The van der Waals surface area contributed by atoms with E-state index in [0.717, 1.165) is 30.5 Å². The average molecular weight is 338 g/mol. The van der Waals surface area contributed by atoms with E-state index in [1.807, 2.05) is 30.3 Å². The molecule has 0 aliphatic heterocycles. The fraction of sp³-hybridized carbons (Fsp3) is 0.158. The first kappa shape index (κ1) is 15.5. The van der Waals surface area contributed by atoms with Crippen LogP contribution in [0.2, 0.25) is 0 Å². The number of nitrogens with one attached hydrogen (secondary N) is 2. The van der Waals surface area contributed by atoms with Gasteiger partial charge in [-0.2, -0.15) is 0 Å². The van der Waals surface area contributed by atoms with E-state index in [2.05, 4.69) is 20.6 Å². The Morgan fingerprint density at radius 2 is 1.60 bits per heavy atom. The molecular formula is C19H16F2N4. The normalized spacial score (nSPS) is 13.5. The van der Waals surface area contributed by atoms with Crippen LogP contribution in [0.1, 0.15) is 12.8 Å². The highest BCUT2D eigenvalue weighted by Crippen LogP contribution is 2.28. The van der Waals surface area contributed by atoms with Crippen molar-refractivity contribution in [3.05, 3.63) is 66.2 Å². The van der Waals surface area contributed by atoms with Crippen LogP contribution in [0.15, 0.2) is 54.6 Å². The number of aromatic nitrogens is 2. The molecule has 1 fully saturated rings. The lowest BCUT2D eigenvalue weighted by atomic mass is 10.2. The summed E-state index contributed by atoms with van der Waals surface area (Å²) in [5.41, 5.74) is 1.31. The van der Waals surface area contributed by atoms with Crippen LogP contribution in [-0.2, 0) is 0 Å². The van der Waals surface area contributed by atoms with Gasteiger partial charge in [0.05, 0.1) is 0 Å². The first-order valence-corrected chi connectivity index (χ1v) is 8.10. The minimum atomic E-state index is -0.904. The SMILES string of the molecule is Fc1ccc(Nc2cc(NC3CC3)nc(-c3ccccc3)n2)cc1F. The zero-order chi connectivity index (χ0) is 17.2. The van der Waals surface area contributed by atoms with E-state index in [4.69, 9.17) is 0 Å². The lowest BCUT2D eigenvalue weighted by Crippen LogP contribution is -2.06. The second-order valence-electron chi connectivity index (χ2n) is 6.00. The topological polar surface area (TPSA) is 49.8 Å². The number of halogens is 2. The Labute approximate surface area is 144 Å². The number of anilines is 3. The number of hydrogen-bond donors (Lipinski definition) is 2. The first-order chi connectivity index (χ1) is 12.2. The third-order valence-electron chi connectivity index (χ3n) is 3.88. The number of hydrogen-bond acceptors (Lipinski definition) is 4. The van der Waals surface area contributed by atoms with Gasteiger partial charge in [-0.05, 0) is 25.0 Å². The predicted molar refractivity (Wildman–Crippen MR) is 93.8 cm³/mol. The van der Waals surface area contributed by atoms with Crippen molar-refractivity contribution in [2.45, 2.75) is 18.9 Å². The van der Waals surface area contributed by atoms with E-state index in [-0.39, 0.29) is 0 Å². The van der Waals surface area contributed by atoms with Gasteiger partial charge in [-0.25, -0.2) is 18.7 Å². The third-order valence-corrected chi connectivity index (χ3v) is 3.88. The van der Waals surface area contributed by atoms with Gasteiger partial charge < -0.3 is 10.6 Å². The summed E-state index contributed by atoms with van der Waals surface area (Å²) >= 11 is 0. The molecule has 25 heavy (non-hydrogen) atoms. The highest BCUT2D eigenvalue weighted by Gasteiger charge is 2.22. The van der Waals surface area contributed by atoms with Crippen molar-refractivity contribution >= 4 is 17.3 Å². The summed E-state index contributed by atoms with van der Waals surface area (Å²) in [6.07, 6.45) is 2.24. The van der Waals surface area contributed by atoms with Gasteiger partial charge in [-0.1, -0.05) is 30.3 Å². The van der Waals surface area contributed by atoms with Crippen molar-refractivity contribution in [1.82, 2.24) is 9.97 Å². The highest BCUT2D eigenvalue weighted by molar-refractivity contribution is 5.65. The molecule has 0 unspecified atom stereocenters. The molecule has 126 valence electrons. The van der Waals surface area contributed by atoms with Crippen LogP contribution in [0, 0.1) is 11.6 Å². The van der Waals surface area contributed by atoms with Gasteiger partial charge in [-0.3, -0.25) is 0 Å². The Morgan fingerprint density at radius 1 is 0.840 bits per heavy atom. The maximum atomic E-state index is 13.4. The average Bonchev–Trinajstić information content (AvgIpc) is 3.43. The monoisotopic (exact) mass is 338 g/mol. The Morgan fingerprint density at radius 3 is 2.32 bits per heavy atom. The molecule has 1 aliphatic rings. The van der Waals surface area contributed by atoms with Crippen LogP contribution in [0.4, 0.5) is 26.1 Å². The van der Waals surface area contributed by atoms with Crippen molar-refractivity contribution in [3.8, 4) is 11.4 Å². The largest absolute Gasteiger partial charge is 0.367 e. The lowest BCUT2D eigenvalue weighted by molar-refractivity contribution is 0.509. The first-order valence-electron chi connectivity index (χ1n) is 8.10. The Kier molecular flexibility index (Phi) is 4.01. The molecule has 1 heterocycles. The Balaban J connectivity index is 1.68. The molecule has 0 spiro atoms. The van der Waals surface area contributed by atoms with Crippen molar-refractivity contribution in [3.63, 3.8) is 0 Å². The van der Waals surface area contributed by atoms with Crippen molar-refractivity contribution in [1.29, 1.82) is 0 Å². The van der Waals surface area contributed by atoms with E-state index < -0.39 is 11.6 Å². The van der Waals surface area contributed by atoms with Crippen LogP contribution in [0.25, 0.3) is 11.4 Å². The zero-order valence-corrected chi connectivity index (χ0v) is 13.3. The summed E-state index contributed by atoms with van der Waals surface area (Å²) in [6, 6.07) is 15.5. The van der Waals surface area contributed by atoms with Crippen LogP contribution in [-0.4, -0.2) is 16.0 Å². The summed E-state index contributed by atoms with van der Waals surface area (Å²) < 4.78 is 26.5. The molecule has 3 aromatic rings. The summed E-state index contributed by atoms with van der Waals surface area (Å²) in [4.78, 5) is 9.06. The molecule has 2 aromatic carbocycles. The Bertz CT molecular complexity index is 895. The number of nitrogens with zero attached hydrogens (tertiary/aromatic N) is 2. The van der Waals surface area contributed by atoms with E-state index in [1.165, 1.54) is 6.07 Å². The van der Waals surface area contributed by atoms with Gasteiger partial charge in [0.1, 0.15) is 11.6 Å². The summed E-state index contributed by atoms with van der Waals surface area (Å²) in [5, 5.41) is 6.37. The van der Waals surface area contributed by atoms with Crippen LogP contribution < -0.4 is 10.6 Å². The molecule has 6 heteroatoms. The maximum Gasteiger partial charge on any atom is 0.163 e. The quantitative estimate of drug-likeness (QED) is 0.705. The summed E-state index contributed by atoms with van der Waals surface area (Å²) in [6.45, 7) is 0. The molecule has 4 rings (SSSR count). The van der Waals surface area contributed by atoms with Crippen LogP contribution in [0.5, 0.6) is 0 Å². The lowest BCUT2D eigenvalue weighted by Gasteiger charge is -2.11. The zero-order valence-electron chi connectivity index (χ0n) is 13.3. The summed E-state index contributed by atoms with van der Waals surface area (Å²) in [7, 11) is 0. The molecule has 0 saturated heterocycles. The van der Waals surface area contributed by atoms with Crippen molar-refractivity contribution in [2.75, 3.05) is 10.6 Å². The van der Waals surface area contributed by atoms with E-state index in [9.17, 15) is 8.78 Å². The minimum absolute atomic E-state index is 0.425. The molecule has 0 atom stereocenters. The van der Waals surface area contributed by atoms with Crippen LogP contribution in [0.3, 0.4) is 0 Å². The molecule has 1 aromatic heterocycles. The molecule has 2 N–H and O–H groups in total. The van der Waals surface area contributed by atoms with Crippen molar-refractivity contribution < 1.29 is 8.78 Å². The fourth-order valence-electron chi connectivity index (χ4n) is 2.46. The maximum absolute atomic E-state index is 13.4. The standard InChI is InChI=1S/C19H16F2N4/c20-15-9-8-14(10-16(15)21)23-18-11-17(22-13-6-7-13)24-19(25-18)12-4-2-1-3-5-12/h1-5,8-11,13H,6-7H2,(H2,22,23,24,25). The van der Waals surface area contributed by atoms with Gasteiger partial charge in [0.15, 0.2) is 17.5 Å². The second kappa shape index (κ2) is 6.47. The van der Waals surface area contributed by atoms with Gasteiger partial charge in [0.25, 0.3) is 0 Å². The second-order valence-corrected chi connectivity index (χ2v) is 6.00. The smallest absolute Gasteiger partial charge is 0.163 e. The predicted octanol–water partition coefficient (Wildman–Crippen LogP) is 4.74. The summed E-state index contributed by atoms with van der Waals surface area (Å²) in [5.74, 6) is 0.00810. The molecule has 1 saturated carbocycles. The van der Waals surface area contributed by atoms with E-state index in [1.54, 1.807) is 6.07 Å². The Hall–Kier alpha value is -3.02. The minimum Gasteiger partial charge on any atom is -0.367 e. The molecule has 0 radical (unpaired) electrons. The van der Waals surface area contributed by atoms with Gasteiger partial charge in [0.2, 0.25) is 0 Å². The van der Waals surface area contributed by atoms with Crippen LogP contribution >= 0.6 is 0 Å². The fourth-order valence-corrected chi connectivity index (χ4v) is 2.46. The van der Waals surface area contributed by atoms with Gasteiger partial charge in [-0.15, -0.1) is 0 Å². The number of rotatable bonds is 5. The molecular weight excluding hydrogens is 322 g/mol. The number of benzene rings is 2. The molecule has 0 bridgehead atoms. The highest BCUT2D eigenvalue weighted by atomic mass is 19.2. The molecule has 1 aliphatic carbocycles. The van der Waals surface area contributed by atoms with E-state index in [0.29, 0.717) is 29.2 Å². The van der Waals surface area contributed by atoms with Crippen molar-refractivity contribution in [2.24, 2.45) is 0 Å². The van der Waals surface area contributed by atoms with Gasteiger partial charge in [0, 0.05) is 29.4 Å². The molecule has 4 nitrogen and oxygen atoms in total. The van der Waals surface area contributed by atoms with E-state index >= 15 is 0 Å². The third kappa shape index (κ3) is 3.74. The molecule has 0 amide bonds. The van der Waals surface area contributed by atoms with Gasteiger partial charge >= 0.3 is 0 Å².